The number of hydrazone groups is 1. The summed E-state index contributed by atoms with van der Waals surface area (Å²) in [7, 11) is 0. The van der Waals surface area contributed by atoms with Gasteiger partial charge in [0.2, 0.25) is 0 Å². The van der Waals surface area contributed by atoms with Gasteiger partial charge in [-0.25, -0.2) is 0 Å². The fraction of sp³-hybridized carbons (Fsp3) is 0.179. The molecule has 4 heteroatoms. The second-order valence-corrected chi connectivity index (χ2v) is 8.66. The molecule has 0 amide bonds. The maximum atomic E-state index is 12.5. The maximum absolute atomic E-state index is 12.5. The maximum Gasteiger partial charge on any atom is 0.140 e. The SMILES string of the molecule is [O-]c1ccc2ccccc2c1C=NN1CC[NH+](C2c3ccccc3-c3ccccc32)CC1. The summed E-state index contributed by atoms with van der Waals surface area (Å²) in [6.45, 7) is 3.80. The van der Waals surface area contributed by atoms with Crippen molar-refractivity contribution in [2.45, 2.75) is 6.04 Å². The molecule has 1 heterocycles. The molecule has 0 bridgehead atoms. The molecule has 0 spiro atoms. The van der Waals surface area contributed by atoms with E-state index in [4.69, 9.17) is 5.10 Å². The number of quaternary nitrogens is 1. The van der Waals surface area contributed by atoms with Gasteiger partial charge in [-0.2, -0.15) is 5.10 Å². The van der Waals surface area contributed by atoms with Gasteiger partial charge in [0, 0.05) is 11.1 Å². The number of nitrogens with one attached hydrogen (secondary N) is 1. The van der Waals surface area contributed by atoms with Gasteiger partial charge in [0.05, 0.1) is 32.4 Å². The van der Waals surface area contributed by atoms with Gasteiger partial charge in [-0.1, -0.05) is 90.7 Å². The van der Waals surface area contributed by atoms with E-state index in [0.717, 1.165) is 37.0 Å². The van der Waals surface area contributed by atoms with E-state index < -0.39 is 0 Å². The Hall–Kier alpha value is -3.63. The zero-order valence-corrected chi connectivity index (χ0v) is 17.9. The van der Waals surface area contributed by atoms with Gasteiger partial charge in [-0.05, 0) is 27.5 Å². The van der Waals surface area contributed by atoms with Crippen molar-refractivity contribution in [1.29, 1.82) is 0 Å². The number of piperazine rings is 1. The highest BCUT2D eigenvalue weighted by Crippen LogP contribution is 2.41. The number of fused-ring (bicyclic) bond motifs is 4. The molecule has 4 aromatic carbocycles. The Morgan fingerprint density at radius 1 is 0.781 bits per heavy atom. The number of hydrogen-bond acceptors (Lipinski definition) is 3. The van der Waals surface area contributed by atoms with Crippen molar-refractivity contribution in [3.05, 3.63) is 102 Å². The zero-order chi connectivity index (χ0) is 21.5. The first-order valence-corrected chi connectivity index (χ1v) is 11.3. The molecule has 0 atom stereocenters. The van der Waals surface area contributed by atoms with Gasteiger partial charge in [0.15, 0.2) is 0 Å². The molecule has 1 N–H and O–H groups in total. The summed E-state index contributed by atoms with van der Waals surface area (Å²) < 4.78 is 0. The average molecular weight is 420 g/mol. The van der Waals surface area contributed by atoms with Gasteiger partial charge in [-0.15, -0.1) is 0 Å². The molecule has 0 saturated carbocycles. The Balaban J connectivity index is 1.22. The van der Waals surface area contributed by atoms with E-state index in [1.165, 1.54) is 22.3 Å². The van der Waals surface area contributed by atoms with Crippen molar-refractivity contribution in [3.63, 3.8) is 0 Å². The molecule has 2 aliphatic rings. The lowest BCUT2D eigenvalue weighted by Crippen LogP contribution is -3.14. The van der Waals surface area contributed by atoms with E-state index in [0.29, 0.717) is 11.6 Å². The Morgan fingerprint density at radius 2 is 1.41 bits per heavy atom. The van der Waals surface area contributed by atoms with Gasteiger partial charge in [-0.3, -0.25) is 5.01 Å². The number of hydrogen-bond donors (Lipinski definition) is 1. The number of nitrogens with zero attached hydrogens (tertiary/aromatic N) is 2. The molecule has 6 rings (SSSR count). The highest BCUT2D eigenvalue weighted by Gasteiger charge is 2.37. The van der Waals surface area contributed by atoms with E-state index >= 15 is 0 Å². The largest absolute Gasteiger partial charge is 0.872 e. The lowest BCUT2D eigenvalue weighted by molar-refractivity contribution is -0.929. The first-order valence-electron chi connectivity index (χ1n) is 11.3. The highest BCUT2D eigenvalue weighted by atomic mass is 16.3. The Kier molecular flexibility index (Phi) is 4.66. The Labute approximate surface area is 188 Å². The molecular weight excluding hydrogens is 394 g/mol. The topological polar surface area (TPSA) is 43.1 Å². The average Bonchev–Trinajstić information content (AvgIpc) is 3.18. The van der Waals surface area contributed by atoms with Crippen LogP contribution in [0.3, 0.4) is 0 Å². The smallest absolute Gasteiger partial charge is 0.140 e. The van der Waals surface area contributed by atoms with E-state index in [-0.39, 0.29) is 5.75 Å². The minimum atomic E-state index is 0.0240. The third kappa shape index (κ3) is 3.15. The fourth-order valence-electron chi connectivity index (χ4n) is 5.33. The molecule has 1 aliphatic heterocycles. The minimum absolute atomic E-state index is 0.0240. The molecule has 4 nitrogen and oxygen atoms in total. The van der Waals surface area contributed by atoms with Crippen LogP contribution in [0.2, 0.25) is 0 Å². The third-order valence-electron chi connectivity index (χ3n) is 6.90. The molecular formula is C28H25N3O. The third-order valence-corrected chi connectivity index (χ3v) is 6.90. The van der Waals surface area contributed by atoms with Crippen LogP contribution in [-0.4, -0.2) is 37.4 Å². The highest BCUT2D eigenvalue weighted by molar-refractivity contribution is 6.02. The second kappa shape index (κ2) is 7.81. The molecule has 32 heavy (non-hydrogen) atoms. The van der Waals surface area contributed by atoms with Gasteiger partial charge in [0.25, 0.3) is 0 Å². The predicted octanol–water partition coefficient (Wildman–Crippen LogP) is 3.22. The summed E-state index contributed by atoms with van der Waals surface area (Å²) in [5.74, 6) is 0.0240. The summed E-state index contributed by atoms with van der Waals surface area (Å²) >= 11 is 0. The Bertz CT molecular complexity index is 1280. The van der Waals surface area contributed by atoms with E-state index in [1.807, 2.05) is 30.3 Å². The van der Waals surface area contributed by atoms with Crippen molar-refractivity contribution in [3.8, 4) is 16.9 Å². The molecule has 4 aromatic rings. The van der Waals surface area contributed by atoms with Crippen LogP contribution in [0.25, 0.3) is 21.9 Å². The lowest BCUT2D eigenvalue weighted by Gasteiger charge is -2.34. The van der Waals surface area contributed by atoms with Crippen LogP contribution in [0.5, 0.6) is 5.75 Å². The van der Waals surface area contributed by atoms with Crippen LogP contribution in [-0.2, 0) is 0 Å². The summed E-state index contributed by atoms with van der Waals surface area (Å²) in [5, 5.41) is 21.3. The van der Waals surface area contributed by atoms with Crippen molar-refractivity contribution >= 4 is 17.0 Å². The van der Waals surface area contributed by atoms with Crippen LogP contribution >= 0.6 is 0 Å². The quantitative estimate of drug-likeness (QED) is 0.518. The molecule has 158 valence electrons. The minimum Gasteiger partial charge on any atom is -0.872 e. The van der Waals surface area contributed by atoms with Gasteiger partial charge < -0.3 is 10.0 Å². The molecule has 1 saturated heterocycles. The summed E-state index contributed by atoms with van der Waals surface area (Å²) in [6.07, 6.45) is 1.76. The van der Waals surface area contributed by atoms with Gasteiger partial charge >= 0.3 is 0 Å². The van der Waals surface area contributed by atoms with Crippen LogP contribution in [0, 0.1) is 0 Å². The first kappa shape index (κ1) is 19.1. The normalized spacial score (nSPS) is 16.6. The molecule has 1 aliphatic carbocycles. The van der Waals surface area contributed by atoms with Crippen LogP contribution in [0.4, 0.5) is 0 Å². The zero-order valence-electron chi connectivity index (χ0n) is 17.9. The summed E-state index contributed by atoms with van der Waals surface area (Å²) in [5.41, 5.74) is 6.30. The molecule has 0 unspecified atom stereocenters. The molecule has 1 fully saturated rings. The van der Waals surface area contributed by atoms with Crippen molar-refractivity contribution < 1.29 is 10.0 Å². The van der Waals surface area contributed by atoms with Gasteiger partial charge in [0.1, 0.15) is 6.04 Å². The van der Waals surface area contributed by atoms with E-state index in [1.54, 1.807) is 17.2 Å². The van der Waals surface area contributed by atoms with Crippen molar-refractivity contribution in [1.82, 2.24) is 5.01 Å². The first-order chi connectivity index (χ1) is 15.8. The van der Waals surface area contributed by atoms with E-state index in [9.17, 15) is 5.11 Å². The second-order valence-electron chi connectivity index (χ2n) is 8.66. The lowest BCUT2D eigenvalue weighted by atomic mass is 10.0. The van der Waals surface area contributed by atoms with Crippen LogP contribution in [0.15, 0.2) is 90.0 Å². The van der Waals surface area contributed by atoms with Crippen LogP contribution < -0.4 is 10.0 Å². The van der Waals surface area contributed by atoms with Crippen LogP contribution in [0.1, 0.15) is 22.7 Å². The Morgan fingerprint density at radius 3 is 2.12 bits per heavy atom. The van der Waals surface area contributed by atoms with E-state index in [2.05, 4.69) is 53.5 Å². The monoisotopic (exact) mass is 419 g/mol. The standard InChI is InChI=1S/C28H25N3O/c32-27-14-13-20-7-1-2-8-21(20)26(27)19-29-31-17-15-30(16-18-31)28-24-11-5-3-9-22(24)23-10-4-6-12-25(23)28/h1-14,19,28,32H,15-18H2. The number of rotatable bonds is 3. The summed E-state index contributed by atoms with van der Waals surface area (Å²) in [6, 6.07) is 29.6. The van der Waals surface area contributed by atoms with Crippen molar-refractivity contribution in [2.75, 3.05) is 26.2 Å². The van der Waals surface area contributed by atoms with Crippen molar-refractivity contribution in [2.24, 2.45) is 5.10 Å². The summed E-state index contributed by atoms with van der Waals surface area (Å²) in [4.78, 5) is 1.59. The predicted molar refractivity (Wildman–Crippen MR) is 127 cm³/mol. The molecule has 0 aromatic heterocycles. The number of benzene rings is 4. The molecule has 0 radical (unpaired) electrons. The fourth-order valence-corrected chi connectivity index (χ4v) is 5.33.